The van der Waals surface area contributed by atoms with Gasteiger partial charge in [-0.2, -0.15) is 5.06 Å². The smallest absolute Gasteiger partial charge is 0.255 e. The number of hydroxylamine groups is 2. The Balaban J connectivity index is 2.51. The van der Waals surface area contributed by atoms with Crippen molar-refractivity contribution in [1.82, 2.24) is 9.63 Å². The van der Waals surface area contributed by atoms with Crippen molar-refractivity contribution in [3.05, 3.63) is 68.7 Å². The number of hydrogen-bond acceptors (Lipinski definition) is 4. The second-order valence-electron chi connectivity index (χ2n) is 6.59. The summed E-state index contributed by atoms with van der Waals surface area (Å²) in [6, 6.07) is 8.15. The molecule has 1 aromatic heterocycles. The Morgan fingerprint density at radius 2 is 1.96 bits per heavy atom. The van der Waals surface area contributed by atoms with Crippen LogP contribution in [-0.4, -0.2) is 26.3 Å². The quantitative estimate of drug-likeness (QED) is 0.645. The molecule has 0 saturated heterocycles. The number of benzene rings is 1. The molecule has 6 nitrogen and oxygen atoms in total. The van der Waals surface area contributed by atoms with E-state index in [1.54, 1.807) is 51.2 Å². The molecule has 0 fully saturated rings. The SMILES string of the molecule is CC(=O)N(O)C1=C(n2ccccc2=O)c2c(ccc(Cl)c2C)OC1(C)C. The summed E-state index contributed by atoms with van der Waals surface area (Å²) >= 11 is 6.29. The number of rotatable bonds is 2. The molecule has 0 aliphatic carbocycles. The summed E-state index contributed by atoms with van der Waals surface area (Å²) in [6.07, 6.45) is 1.58. The lowest BCUT2D eigenvalue weighted by atomic mass is 9.91. The molecule has 136 valence electrons. The molecular weight excluding hydrogens is 356 g/mol. The Labute approximate surface area is 155 Å². The summed E-state index contributed by atoms with van der Waals surface area (Å²) in [5.41, 5.74) is 0.383. The standard InChI is InChI=1S/C19H19ClN2O4/c1-11-13(20)8-9-14-16(11)17(21-10-6-5-7-15(21)24)18(19(3,4)26-14)22(25)12(2)23/h5-10,25H,1-4H3. The first-order valence-corrected chi connectivity index (χ1v) is 8.44. The molecule has 3 rings (SSSR count). The van der Waals surface area contributed by atoms with E-state index in [1.165, 1.54) is 17.6 Å². The number of pyridine rings is 1. The van der Waals surface area contributed by atoms with Crippen LogP contribution in [0.3, 0.4) is 0 Å². The summed E-state index contributed by atoms with van der Waals surface area (Å²) in [6.45, 7) is 6.46. The third-order valence-corrected chi connectivity index (χ3v) is 4.74. The van der Waals surface area contributed by atoms with Crippen LogP contribution >= 0.6 is 11.6 Å². The first-order valence-electron chi connectivity index (χ1n) is 8.06. The molecule has 2 heterocycles. The fraction of sp³-hybridized carbons (Fsp3) is 0.263. The first-order chi connectivity index (χ1) is 12.1. The van der Waals surface area contributed by atoms with Crippen LogP contribution in [0.1, 0.15) is 31.9 Å². The maximum atomic E-state index is 12.5. The average molecular weight is 375 g/mol. The molecular formula is C19H19ClN2O4. The van der Waals surface area contributed by atoms with Gasteiger partial charge < -0.3 is 4.74 Å². The fourth-order valence-corrected chi connectivity index (χ4v) is 3.28. The second-order valence-corrected chi connectivity index (χ2v) is 7.00. The molecule has 0 spiro atoms. The maximum Gasteiger partial charge on any atom is 0.255 e. The van der Waals surface area contributed by atoms with Gasteiger partial charge in [-0.3, -0.25) is 19.4 Å². The van der Waals surface area contributed by atoms with E-state index in [9.17, 15) is 14.8 Å². The van der Waals surface area contributed by atoms with Crippen molar-refractivity contribution in [1.29, 1.82) is 0 Å². The molecule has 0 radical (unpaired) electrons. The fourth-order valence-electron chi connectivity index (χ4n) is 3.13. The molecule has 1 aliphatic heterocycles. The molecule has 2 aromatic rings. The van der Waals surface area contributed by atoms with Gasteiger partial charge in [-0.25, -0.2) is 0 Å². The van der Waals surface area contributed by atoms with E-state index in [2.05, 4.69) is 0 Å². The second kappa shape index (κ2) is 6.30. The molecule has 1 amide bonds. The molecule has 26 heavy (non-hydrogen) atoms. The van der Waals surface area contributed by atoms with E-state index in [0.29, 0.717) is 32.7 Å². The molecule has 0 atom stereocenters. The van der Waals surface area contributed by atoms with Gasteiger partial charge in [0.05, 0.1) is 5.70 Å². The number of aromatic nitrogens is 1. The molecule has 1 aromatic carbocycles. The molecule has 1 N–H and O–H groups in total. The van der Waals surface area contributed by atoms with Crippen molar-refractivity contribution >= 4 is 23.2 Å². The van der Waals surface area contributed by atoms with Crippen LogP contribution in [0.15, 0.2) is 47.0 Å². The van der Waals surface area contributed by atoms with E-state index in [0.717, 1.165) is 0 Å². The summed E-state index contributed by atoms with van der Waals surface area (Å²) in [7, 11) is 0. The first kappa shape index (κ1) is 18.2. The Morgan fingerprint density at radius 3 is 2.58 bits per heavy atom. The lowest BCUT2D eigenvalue weighted by Gasteiger charge is -2.39. The van der Waals surface area contributed by atoms with Gasteiger partial charge in [-0.15, -0.1) is 0 Å². The van der Waals surface area contributed by atoms with Crippen LogP contribution in [-0.2, 0) is 4.79 Å². The minimum Gasteiger partial charge on any atom is -0.481 e. The zero-order valence-electron chi connectivity index (χ0n) is 14.9. The van der Waals surface area contributed by atoms with Gasteiger partial charge in [-0.05, 0) is 44.5 Å². The zero-order chi connectivity index (χ0) is 19.2. The van der Waals surface area contributed by atoms with Gasteiger partial charge in [0, 0.05) is 29.8 Å². The summed E-state index contributed by atoms with van der Waals surface area (Å²) < 4.78 is 7.43. The van der Waals surface area contributed by atoms with Crippen molar-refractivity contribution in [3.63, 3.8) is 0 Å². The molecule has 0 saturated carbocycles. The third-order valence-electron chi connectivity index (χ3n) is 4.33. The predicted octanol–water partition coefficient (Wildman–Crippen LogP) is 3.44. The van der Waals surface area contributed by atoms with Crippen LogP contribution in [0.2, 0.25) is 5.02 Å². The predicted molar refractivity (Wildman–Crippen MR) is 98.2 cm³/mol. The number of ether oxygens (including phenoxy) is 1. The Hall–Kier alpha value is -2.57. The zero-order valence-corrected chi connectivity index (χ0v) is 15.7. The average Bonchev–Trinajstić information content (AvgIpc) is 2.56. The minimum absolute atomic E-state index is 0.163. The summed E-state index contributed by atoms with van der Waals surface area (Å²) in [5, 5.41) is 11.5. The van der Waals surface area contributed by atoms with Gasteiger partial charge >= 0.3 is 0 Å². The van der Waals surface area contributed by atoms with Gasteiger partial charge in [0.25, 0.3) is 5.56 Å². The van der Waals surface area contributed by atoms with Crippen molar-refractivity contribution in [2.24, 2.45) is 0 Å². The number of halogens is 1. The number of amides is 1. The van der Waals surface area contributed by atoms with E-state index >= 15 is 0 Å². The highest BCUT2D eigenvalue weighted by atomic mass is 35.5. The molecule has 1 aliphatic rings. The normalized spacial score (nSPS) is 15.3. The van der Waals surface area contributed by atoms with Crippen molar-refractivity contribution in [2.75, 3.05) is 0 Å². The maximum absolute atomic E-state index is 12.5. The highest BCUT2D eigenvalue weighted by Crippen LogP contribution is 2.45. The lowest BCUT2D eigenvalue weighted by molar-refractivity contribution is -0.159. The monoisotopic (exact) mass is 374 g/mol. The molecule has 7 heteroatoms. The molecule has 0 bridgehead atoms. The van der Waals surface area contributed by atoms with Gasteiger partial charge in [0.1, 0.15) is 17.0 Å². The highest BCUT2D eigenvalue weighted by Gasteiger charge is 2.41. The summed E-state index contributed by atoms with van der Waals surface area (Å²) in [4.78, 5) is 24.5. The lowest BCUT2D eigenvalue weighted by Crippen LogP contribution is -2.45. The van der Waals surface area contributed by atoms with Gasteiger partial charge in [0.2, 0.25) is 5.91 Å². The third kappa shape index (κ3) is 2.81. The Morgan fingerprint density at radius 1 is 1.27 bits per heavy atom. The van der Waals surface area contributed by atoms with Crippen LogP contribution in [0.5, 0.6) is 5.75 Å². The molecule has 0 unspecified atom stereocenters. The van der Waals surface area contributed by atoms with E-state index in [1.807, 2.05) is 0 Å². The van der Waals surface area contributed by atoms with Crippen LogP contribution in [0, 0.1) is 6.92 Å². The van der Waals surface area contributed by atoms with Gasteiger partial charge in [0.15, 0.2) is 0 Å². The van der Waals surface area contributed by atoms with Crippen LogP contribution < -0.4 is 10.3 Å². The topological polar surface area (TPSA) is 71.8 Å². The number of carbonyl (C=O) groups excluding carboxylic acids is 1. The van der Waals surface area contributed by atoms with Crippen molar-refractivity contribution < 1.29 is 14.7 Å². The van der Waals surface area contributed by atoms with Crippen LogP contribution in [0.4, 0.5) is 0 Å². The van der Waals surface area contributed by atoms with Crippen molar-refractivity contribution in [3.8, 4) is 5.75 Å². The highest BCUT2D eigenvalue weighted by molar-refractivity contribution is 6.31. The van der Waals surface area contributed by atoms with Crippen LogP contribution in [0.25, 0.3) is 5.70 Å². The van der Waals surface area contributed by atoms with E-state index in [4.69, 9.17) is 16.3 Å². The minimum atomic E-state index is -1.07. The number of nitrogens with zero attached hydrogens (tertiary/aromatic N) is 2. The van der Waals surface area contributed by atoms with Crippen molar-refractivity contribution in [2.45, 2.75) is 33.3 Å². The van der Waals surface area contributed by atoms with Gasteiger partial charge in [-0.1, -0.05) is 17.7 Å². The Kier molecular flexibility index (Phi) is 4.42. The van der Waals surface area contributed by atoms with E-state index < -0.39 is 11.5 Å². The Bertz CT molecular complexity index is 991. The summed E-state index contributed by atoms with van der Waals surface area (Å²) in [5.74, 6) is -0.0790. The number of carbonyl (C=O) groups is 1. The largest absolute Gasteiger partial charge is 0.481 e. The number of hydrogen-bond donors (Lipinski definition) is 1. The number of fused-ring (bicyclic) bond motifs is 1. The van der Waals surface area contributed by atoms with E-state index in [-0.39, 0.29) is 11.3 Å².